The van der Waals surface area contributed by atoms with Crippen LogP contribution in [0.5, 0.6) is 0 Å². The Kier molecular flexibility index (Phi) is 5.82. The summed E-state index contributed by atoms with van der Waals surface area (Å²) in [6.45, 7) is 12.2. The number of esters is 1. The van der Waals surface area contributed by atoms with Crippen LogP contribution >= 0.6 is 0 Å². The first-order valence-corrected chi connectivity index (χ1v) is 6.48. The highest BCUT2D eigenvalue weighted by atomic mass is 16.7. The van der Waals surface area contributed by atoms with E-state index in [1.54, 1.807) is 6.08 Å². The van der Waals surface area contributed by atoms with Crippen LogP contribution in [0, 0.1) is 17.8 Å². The fourth-order valence-electron chi connectivity index (χ4n) is 2.23. The van der Waals surface area contributed by atoms with Crippen molar-refractivity contribution >= 4 is 5.97 Å². The van der Waals surface area contributed by atoms with Gasteiger partial charge in [-0.05, 0) is 11.8 Å². The van der Waals surface area contributed by atoms with Crippen LogP contribution in [0.3, 0.4) is 0 Å². The highest BCUT2D eigenvalue weighted by Gasteiger charge is 2.39. The van der Waals surface area contributed by atoms with Crippen molar-refractivity contribution in [2.45, 2.75) is 40.1 Å². The molecule has 1 fully saturated rings. The molecular formula is C14H24O4. The summed E-state index contributed by atoms with van der Waals surface area (Å²) >= 11 is 0. The Morgan fingerprint density at radius 1 is 1.28 bits per heavy atom. The molecule has 5 atom stereocenters. The van der Waals surface area contributed by atoms with E-state index in [1.807, 2.05) is 0 Å². The van der Waals surface area contributed by atoms with Crippen molar-refractivity contribution in [2.75, 3.05) is 13.2 Å². The van der Waals surface area contributed by atoms with E-state index in [-0.39, 0.29) is 18.4 Å². The predicted octanol–water partition coefficient (Wildman–Crippen LogP) is 2.39. The Morgan fingerprint density at radius 3 is 2.50 bits per heavy atom. The molecule has 1 aliphatic rings. The van der Waals surface area contributed by atoms with Gasteiger partial charge < -0.3 is 14.2 Å². The first-order valence-electron chi connectivity index (χ1n) is 6.48. The molecule has 1 saturated heterocycles. The van der Waals surface area contributed by atoms with Gasteiger partial charge in [-0.3, -0.25) is 4.79 Å². The van der Waals surface area contributed by atoms with E-state index in [0.29, 0.717) is 31.0 Å². The topological polar surface area (TPSA) is 44.8 Å². The third-order valence-electron chi connectivity index (χ3n) is 3.81. The van der Waals surface area contributed by atoms with Gasteiger partial charge in [0.15, 0.2) is 6.29 Å². The van der Waals surface area contributed by atoms with Crippen molar-refractivity contribution in [3.05, 3.63) is 12.7 Å². The second kappa shape index (κ2) is 6.90. The number of hydrogen-bond acceptors (Lipinski definition) is 4. The number of ether oxygens (including phenoxy) is 3. The van der Waals surface area contributed by atoms with Gasteiger partial charge >= 0.3 is 5.97 Å². The highest BCUT2D eigenvalue weighted by Crippen LogP contribution is 2.35. The smallest absolute Gasteiger partial charge is 0.302 e. The summed E-state index contributed by atoms with van der Waals surface area (Å²) in [6, 6.07) is 0. The lowest BCUT2D eigenvalue weighted by Gasteiger charge is -2.42. The van der Waals surface area contributed by atoms with E-state index >= 15 is 0 Å². The Labute approximate surface area is 109 Å². The van der Waals surface area contributed by atoms with E-state index in [0.717, 1.165) is 0 Å². The molecule has 0 radical (unpaired) electrons. The van der Waals surface area contributed by atoms with Gasteiger partial charge in [-0.1, -0.05) is 26.8 Å². The Hall–Kier alpha value is -0.870. The van der Waals surface area contributed by atoms with Gasteiger partial charge in [-0.25, -0.2) is 0 Å². The lowest BCUT2D eigenvalue weighted by Crippen LogP contribution is -2.47. The van der Waals surface area contributed by atoms with Crippen molar-refractivity contribution < 1.29 is 19.0 Å². The Balaban J connectivity index is 2.61. The van der Waals surface area contributed by atoms with Crippen LogP contribution in [0.2, 0.25) is 0 Å². The molecule has 104 valence electrons. The molecule has 0 N–H and O–H groups in total. The SMILES string of the molecule is C=CCO[C@H]1OC(COC(C)=O)[C@H](C)[C@H](C)C1C. The summed E-state index contributed by atoms with van der Waals surface area (Å²) in [4.78, 5) is 10.9. The van der Waals surface area contributed by atoms with Gasteiger partial charge in [-0.2, -0.15) is 0 Å². The number of hydrogen-bond donors (Lipinski definition) is 0. The van der Waals surface area contributed by atoms with Gasteiger partial charge in [0.25, 0.3) is 0 Å². The molecule has 4 nitrogen and oxygen atoms in total. The molecule has 0 aromatic heterocycles. The van der Waals surface area contributed by atoms with Gasteiger partial charge in [-0.15, -0.1) is 6.58 Å². The van der Waals surface area contributed by atoms with Gasteiger partial charge in [0.1, 0.15) is 6.61 Å². The minimum absolute atomic E-state index is 0.102. The second-order valence-electron chi connectivity index (χ2n) is 5.04. The number of rotatable bonds is 5. The Bertz CT molecular complexity index is 290. The molecule has 0 saturated carbocycles. The van der Waals surface area contributed by atoms with Gasteiger partial charge in [0.05, 0.1) is 12.7 Å². The molecule has 1 rings (SSSR count). The largest absolute Gasteiger partial charge is 0.463 e. The molecule has 0 amide bonds. The van der Waals surface area contributed by atoms with E-state index in [1.165, 1.54) is 6.92 Å². The first kappa shape index (κ1) is 15.2. The molecule has 0 spiro atoms. The van der Waals surface area contributed by atoms with Gasteiger partial charge in [0.2, 0.25) is 0 Å². The third kappa shape index (κ3) is 3.82. The first-order chi connectivity index (χ1) is 8.47. The maximum atomic E-state index is 10.9. The van der Waals surface area contributed by atoms with Crippen molar-refractivity contribution in [1.29, 1.82) is 0 Å². The monoisotopic (exact) mass is 256 g/mol. The molecule has 0 aliphatic carbocycles. The van der Waals surface area contributed by atoms with E-state index in [4.69, 9.17) is 14.2 Å². The van der Waals surface area contributed by atoms with Crippen molar-refractivity contribution in [2.24, 2.45) is 17.8 Å². The van der Waals surface area contributed by atoms with Crippen LogP contribution in [-0.4, -0.2) is 31.6 Å². The lowest BCUT2D eigenvalue weighted by atomic mass is 9.79. The summed E-state index contributed by atoms with van der Waals surface area (Å²) in [6.07, 6.45) is 1.35. The number of carbonyl (C=O) groups excluding carboxylic acids is 1. The molecule has 1 heterocycles. The summed E-state index contributed by atoms with van der Waals surface area (Å²) in [5, 5.41) is 0. The molecule has 0 aromatic carbocycles. The average molecular weight is 256 g/mol. The van der Waals surface area contributed by atoms with Crippen LogP contribution in [0.4, 0.5) is 0 Å². The molecule has 4 heteroatoms. The van der Waals surface area contributed by atoms with E-state index in [9.17, 15) is 4.79 Å². The van der Waals surface area contributed by atoms with Crippen molar-refractivity contribution in [3.63, 3.8) is 0 Å². The normalized spacial score (nSPS) is 36.1. The second-order valence-corrected chi connectivity index (χ2v) is 5.04. The maximum absolute atomic E-state index is 10.9. The van der Waals surface area contributed by atoms with Gasteiger partial charge in [0, 0.05) is 12.8 Å². The number of carbonyl (C=O) groups is 1. The average Bonchev–Trinajstić information content (AvgIpc) is 2.34. The lowest BCUT2D eigenvalue weighted by molar-refractivity contribution is -0.251. The zero-order valence-electron chi connectivity index (χ0n) is 11.7. The summed E-state index contributed by atoms with van der Waals surface area (Å²) < 4.78 is 16.6. The summed E-state index contributed by atoms with van der Waals surface area (Å²) in [5.74, 6) is 0.825. The van der Waals surface area contributed by atoms with E-state index in [2.05, 4.69) is 27.4 Å². The quantitative estimate of drug-likeness (QED) is 0.559. The van der Waals surface area contributed by atoms with Crippen LogP contribution in [-0.2, 0) is 19.0 Å². The molecule has 1 aliphatic heterocycles. The Morgan fingerprint density at radius 2 is 1.94 bits per heavy atom. The predicted molar refractivity (Wildman–Crippen MR) is 68.9 cm³/mol. The molecule has 0 bridgehead atoms. The standard InChI is InChI=1S/C14H24O4/c1-6-7-16-14-11(4)9(2)10(3)13(18-14)8-17-12(5)15/h6,9-11,13-14H,1,7-8H2,2-5H3/t9-,10+,11?,13?,14-/m0/s1. The van der Waals surface area contributed by atoms with Crippen LogP contribution in [0.1, 0.15) is 27.7 Å². The molecule has 0 aromatic rings. The third-order valence-corrected chi connectivity index (χ3v) is 3.81. The molecule has 2 unspecified atom stereocenters. The minimum atomic E-state index is -0.277. The zero-order valence-corrected chi connectivity index (χ0v) is 11.7. The van der Waals surface area contributed by atoms with Crippen LogP contribution < -0.4 is 0 Å². The maximum Gasteiger partial charge on any atom is 0.302 e. The highest BCUT2D eigenvalue weighted by molar-refractivity contribution is 5.65. The summed E-state index contributed by atoms with van der Waals surface area (Å²) in [5.41, 5.74) is 0. The fraction of sp³-hybridized carbons (Fsp3) is 0.786. The van der Waals surface area contributed by atoms with Crippen molar-refractivity contribution in [3.8, 4) is 0 Å². The fourth-order valence-corrected chi connectivity index (χ4v) is 2.23. The molecule has 18 heavy (non-hydrogen) atoms. The van der Waals surface area contributed by atoms with Crippen LogP contribution in [0.15, 0.2) is 12.7 Å². The molecular weight excluding hydrogens is 232 g/mol. The summed E-state index contributed by atoms with van der Waals surface area (Å²) in [7, 11) is 0. The van der Waals surface area contributed by atoms with E-state index < -0.39 is 0 Å². The minimum Gasteiger partial charge on any atom is -0.463 e. The van der Waals surface area contributed by atoms with Crippen LogP contribution in [0.25, 0.3) is 0 Å². The van der Waals surface area contributed by atoms with Crippen molar-refractivity contribution in [1.82, 2.24) is 0 Å². The zero-order chi connectivity index (χ0) is 13.7.